The second-order valence-electron chi connectivity index (χ2n) is 4.86. The van der Waals surface area contributed by atoms with E-state index in [1.54, 1.807) is 6.07 Å². The van der Waals surface area contributed by atoms with Gasteiger partial charge in [0, 0.05) is 25.2 Å². The number of piperazine rings is 1. The molecule has 0 bridgehead atoms. The SMILES string of the molecule is CCC1(C)CN(c2ccc(F)cc2Cl)CCN1. The van der Waals surface area contributed by atoms with Gasteiger partial charge in [-0.3, -0.25) is 0 Å². The van der Waals surface area contributed by atoms with E-state index in [0.29, 0.717) is 5.02 Å². The highest BCUT2D eigenvalue weighted by Crippen LogP contribution is 2.29. The number of hydrogen-bond donors (Lipinski definition) is 1. The molecule has 1 aliphatic rings. The lowest BCUT2D eigenvalue weighted by Crippen LogP contribution is -2.58. The molecule has 4 heteroatoms. The number of nitrogens with one attached hydrogen (secondary N) is 1. The Morgan fingerprint density at radius 1 is 1.53 bits per heavy atom. The van der Waals surface area contributed by atoms with Crippen LogP contribution in [0.2, 0.25) is 5.02 Å². The standard InChI is InChI=1S/C13H18ClFN2/c1-3-13(2)9-17(7-6-16-13)12-5-4-10(15)8-11(12)14/h4-5,8,16H,3,6-7,9H2,1-2H3. The van der Waals surface area contributed by atoms with Crippen molar-refractivity contribution < 1.29 is 4.39 Å². The van der Waals surface area contributed by atoms with E-state index in [2.05, 4.69) is 24.1 Å². The van der Waals surface area contributed by atoms with E-state index in [0.717, 1.165) is 31.7 Å². The molecule has 1 aliphatic heterocycles. The second-order valence-corrected chi connectivity index (χ2v) is 5.27. The van der Waals surface area contributed by atoms with E-state index in [4.69, 9.17) is 11.6 Å². The fourth-order valence-corrected chi connectivity index (χ4v) is 2.52. The van der Waals surface area contributed by atoms with Crippen LogP contribution in [0, 0.1) is 5.82 Å². The number of benzene rings is 1. The molecule has 0 aliphatic carbocycles. The average Bonchev–Trinajstić information content (AvgIpc) is 2.29. The monoisotopic (exact) mass is 256 g/mol. The Labute approximate surface area is 107 Å². The summed E-state index contributed by atoms with van der Waals surface area (Å²) in [5.74, 6) is -0.285. The van der Waals surface area contributed by atoms with Crippen molar-refractivity contribution in [3.05, 3.63) is 29.0 Å². The van der Waals surface area contributed by atoms with Crippen LogP contribution in [0.15, 0.2) is 18.2 Å². The van der Waals surface area contributed by atoms with Crippen LogP contribution in [-0.4, -0.2) is 25.2 Å². The highest BCUT2D eigenvalue weighted by atomic mass is 35.5. The third kappa shape index (κ3) is 2.72. The summed E-state index contributed by atoms with van der Waals surface area (Å²) in [5, 5.41) is 4.01. The zero-order valence-electron chi connectivity index (χ0n) is 10.3. The Kier molecular flexibility index (Phi) is 3.59. The summed E-state index contributed by atoms with van der Waals surface area (Å²) in [4.78, 5) is 2.22. The van der Waals surface area contributed by atoms with Gasteiger partial charge in [0.1, 0.15) is 5.82 Å². The van der Waals surface area contributed by atoms with Gasteiger partial charge in [0.25, 0.3) is 0 Å². The summed E-state index contributed by atoms with van der Waals surface area (Å²) >= 11 is 6.10. The maximum atomic E-state index is 13.0. The first-order valence-electron chi connectivity index (χ1n) is 5.99. The van der Waals surface area contributed by atoms with Crippen LogP contribution in [0.25, 0.3) is 0 Å². The molecule has 0 saturated carbocycles. The Hall–Kier alpha value is -0.800. The molecule has 1 fully saturated rings. The van der Waals surface area contributed by atoms with E-state index in [1.165, 1.54) is 12.1 Å². The van der Waals surface area contributed by atoms with Crippen LogP contribution in [0.3, 0.4) is 0 Å². The van der Waals surface area contributed by atoms with Crippen molar-refractivity contribution in [1.82, 2.24) is 5.32 Å². The van der Waals surface area contributed by atoms with Gasteiger partial charge in [0.2, 0.25) is 0 Å². The van der Waals surface area contributed by atoms with Gasteiger partial charge in [-0.2, -0.15) is 0 Å². The quantitative estimate of drug-likeness (QED) is 0.875. The minimum atomic E-state index is -0.285. The first-order chi connectivity index (χ1) is 8.04. The smallest absolute Gasteiger partial charge is 0.124 e. The fraction of sp³-hybridized carbons (Fsp3) is 0.538. The fourth-order valence-electron chi connectivity index (χ4n) is 2.23. The Balaban J connectivity index is 2.22. The van der Waals surface area contributed by atoms with Gasteiger partial charge < -0.3 is 10.2 Å². The zero-order chi connectivity index (χ0) is 12.5. The molecule has 0 amide bonds. The Bertz CT molecular complexity index is 410. The summed E-state index contributed by atoms with van der Waals surface area (Å²) in [5.41, 5.74) is 1.03. The normalized spacial score (nSPS) is 25.1. The number of rotatable bonds is 2. The predicted molar refractivity (Wildman–Crippen MR) is 70.3 cm³/mol. The molecule has 0 aromatic heterocycles. The third-order valence-corrected chi connectivity index (χ3v) is 3.81. The zero-order valence-corrected chi connectivity index (χ0v) is 11.0. The minimum Gasteiger partial charge on any atom is -0.367 e. The molecule has 2 nitrogen and oxygen atoms in total. The summed E-state index contributed by atoms with van der Waals surface area (Å²) in [7, 11) is 0. The maximum absolute atomic E-state index is 13.0. The van der Waals surface area contributed by atoms with Gasteiger partial charge in [-0.05, 0) is 31.5 Å². The third-order valence-electron chi connectivity index (χ3n) is 3.50. The average molecular weight is 257 g/mol. The van der Waals surface area contributed by atoms with Crippen molar-refractivity contribution in [3.8, 4) is 0 Å². The Morgan fingerprint density at radius 3 is 2.94 bits per heavy atom. The highest BCUT2D eigenvalue weighted by molar-refractivity contribution is 6.33. The molecule has 1 aromatic carbocycles. The molecule has 94 valence electrons. The van der Waals surface area contributed by atoms with E-state index in [1.807, 2.05) is 0 Å². The Morgan fingerprint density at radius 2 is 2.29 bits per heavy atom. The molecule has 17 heavy (non-hydrogen) atoms. The maximum Gasteiger partial charge on any atom is 0.124 e. The molecule has 1 aromatic rings. The molecule has 1 saturated heterocycles. The molecule has 1 heterocycles. The lowest BCUT2D eigenvalue weighted by Gasteiger charge is -2.42. The van der Waals surface area contributed by atoms with E-state index in [9.17, 15) is 4.39 Å². The minimum absolute atomic E-state index is 0.107. The summed E-state index contributed by atoms with van der Waals surface area (Å²) in [6.45, 7) is 7.10. The van der Waals surface area contributed by atoms with Crippen LogP contribution in [0.1, 0.15) is 20.3 Å². The molecule has 0 spiro atoms. The van der Waals surface area contributed by atoms with Gasteiger partial charge in [0.05, 0.1) is 10.7 Å². The van der Waals surface area contributed by atoms with Crippen LogP contribution in [-0.2, 0) is 0 Å². The van der Waals surface area contributed by atoms with Crippen molar-refractivity contribution >= 4 is 17.3 Å². The molecule has 1 atom stereocenters. The predicted octanol–water partition coefficient (Wildman–Crippen LogP) is 3.06. The lowest BCUT2D eigenvalue weighted by atomic mass is 9.95. The van der Waals surface area contributed by atoms with Crippen molar-refractivity contribution in [2.24, 2.45) is 0 Å². The van der Waals surface area contributed by atoms with Gasteiger partial charge in [-0.15, -0.1) is 0 Å². The summed E-state index contributed by atoms with van der Waals surface area (Å²) in [6, 6.07) is 4.60. The molecule has 1 N–H and O–H groups in total. The van der Waals surface area contributed by atoms with Crippen molar-refractivity contribution in [2.75, 3.05) is 24.5 Å². The molecule has 0 radical (unpaired) electrons. The van der Waals surface area contributed by atoms with E-state index >= 15 is 0 Å². The lowest BCUT2D eigenvalue weighted by molar-refractivity contribution is 0.314. The summed E-state index contributed by atoms with van der Waals surface area (Å²) in [6.07, 6.45) is 1.06. The first kappa shape index (κ1) is 12.7. The second kappa shape index (κ2) is 4.83. The molecule has 2 rings (SSSR count). The van der Waals surface area contributed by atoms with Gasteiger partial charge in [0.15, 0.2) is 0 Å². The van der Waals surface area contributed by atoms with Crippen LogP contribution >= 0.6 is 11.6 Å². The molecule has 1 unspecified atom stereocenters. The topological polar surface area (TPSA) is 15.3 Å². The van der Waals surface area contributed by atoms with E-state index < -0.39 is 0 Å². The van der Waals surface area contributed by atoms with Crippen molar-refractivity contribution in [3.63, 3.8) is 0 Å². The van der Waals surface area contributed by atoms with Crippen LogP contribution in [0.4, 0.5) is 10.1 Å². The summed E-state index contributed by atoms with van der Waals surface area (Å²) < 4.78 is 13.0. The van der Waals surface area contributed by atoms with Gasteiger partial charge in [-0.25, -0.2) is 4.39 Å². The molecular formula is C13H18ClFN2. The largest absolute Gasteiger partial charge is 0.367 e. The van der Waals surface area contributed by atoms with Crippen molar-refractivity contribution in [1.29, 1.82) is 0 Å². The van der Waals surface area contributed by atoms with Crippen LogP contribution in [0.5, 0.6) is 0 Å². The first-order valence-corrected chi connectivity index (χ1v) is 6.37. The number of anilines is 1. The number of nitrogens with zero attached hydrogens (tertiary/aromatic N) is 1. The molecular weight excluding hydrogens is 239 g/mol. The van der Waals surface area contributed by atoms with E-state index in [-0.39, 0.29) is 11.4 Å². The number of halogens is 2. The number of hydrogen-bond acceptors (Lipinski definition) is 2. The van der Waals surface area contributed by atoms with Gasteiger partial charge in [-0.1, -0.05) is 18.5 Å². The van der Waals surface area contributed by atoms with Gasteiger partial charge >= 0.3 is 0 Å². The highest BCUT2D eigenvalue weighted by Gasteiger charge is 2.29. The van der Waals surface area contributed by atoms with Crippen molar-refractivity contribution in [2.45, 2.75) is 25.8 Å². The van der Waals surface area contributed by atoms with Crippen LogP contribution < -0.4 is 10.2 Å².